The summed E-state index contributed by atoms with van der Waals surface area (Å²) in [5, 5.41) is 13.2. The Balaban J connectivity index is 0.830. The smallest absolute Gasteiger partial charge is 0.255 e. The normalized spacial score (nSPS) is 25.6. The minimum absolute atomic E-state index is 0.0103. The number of carbonyl (C=O) groups excluding carboxylic acids is 5. The summed E-state index contributed by atoms with van der Waals surface area (Å²) in [4.78, 5) is 69.8. The van der Waals surface area contributed by atoms with Crippen LogP contribution in [0.4, 0.5) is 15.8 Å². The van der Waals surface area contributed by atoms with Gasteiger partial charge in [0.05, 0.1) is 23.9 Å². The van der Waals surface area contributed by atoms with E-state index < -0.39 is 35.1 Å². The molecule has 5 aliphatic heterocycles. The number of carbonyl (C=O) groups is 5. The van der Waals surface area contributed by atoms with Gasteiger partial charge in [-0.05, 0) is 108 Å². The van der Waals surface area contributed by atoms with Gasteiger partial charge in [0, 0.05) is 83.3 Å². The van der Waals surface area contributed by atoms with E-state index in [4.69, 9.17) is 27.9 Å². The molecule has 68 heavy (non-hydrogen) atoms. The van der Waals surface area contributed by atoms with Crippen molar-refractivity contribution in [2.45, 2.75) is 95.3 Å². The van der Waals surface area contributed by atoms with Crippen LogP contribution in [0.3, 0.4) is 0 Å². The van der Waals surface area contributed by atoms with Crippen molar-refractivity contribution in [1.82, 2.24) is 20.4 Å². The van der Waals surface area contributed by atoms with Gasteiger partial charge in [0.15, 0.2) is 0 Å². The van der Waals surface area contributed by atoms with Crippen LogP contribution in [0.15, 0.2) is 72.8 Å². The van der Waals surface area contributed by atoms with Crippen molar-refractivity contribution in [2.24, 2.45) is 16.7 Å². The van der Waals surface area contributed by atoms with Crippen LogP contribution in [0.25, 0.3) is 0 Å². The number of hydrogen-bond acceptors (Lipinski definition) is 8. The molecule has 4 aromatic rings. The molecule has 12 nitrogen and oxygen atoms in total. The molecule has 4 fully saturated rings. The summed E-state index contributed by atoms with van der Waals surface area (Å²) in [6, 6.07) is 19.3. The highest BCUT2D eigenvalue weighted by molar-refractivity contribution is 6.31. The van der Waals surface area contributed by atoms with Crippen LogP contribution in [-0.2, 0) is 26.3 Å². The Labute approximate surface area is 405 Å². The van der Waals surface area contributed by atoms with Crippen LogP contribution in [0.5, 0.6) is 5.75 Å². The van der Waals surface area contributed by atoms with Gasteiger partial charge in [-0.15, -0.1) is 0 Å². The van der Waals surface area contributed by atoms with Gasteiger partial charge in [-0.25, -0.2) is 4.39 Å². The first-order valence-electron chi connectivity index (χ1n) is 23.3. The van der Waals surface area contributed by atoms with Crippen molar-refractivity contribution < 1.29 is 33.1 Å². The monoisotopic (exact) mass is 958 g/mol. The molecule has 15 heteroatoms. The maximum absolute atomic E-state index is 16.3. The van der Waals surface area contributed by atoms with Gasteiger partial charge >= 0.3 is 0 Å². The molecule has 1 aliphatic carbocycles. The fourth-order valence-corrected chi connectivity index (χ4v) is 12.1. The van der Waals surface area contributed by atoms with Gasteiger partial charge < -0.3 is 30.5 Å². The van der Waals surface area contributed by atoms with Gasteiger partial charge in [-0.3, -0.25) is 29.3 Å². The minimum Gasteiger partial charge on any atom is -0.495 e. The second-order valence-electron chi connectivity index (χ2n) is 20.5. The quantitative estimate of drug-likeness (QED) is 0.108. The number of hydrogen-bond donors (Lipinski definition) is 4. The first-order valence-corrected chi connectivity index (χ1v) is 24.1. The first kappa shape index (κ1) is 45.8. The third kappa shape index (κ3) is 7.98. The molecular weight excluding hydrogens is 907 g/mol. The summed E-state index contributed by atoms with van der Waals surface area (Å²) in [5.41, 5.74) is 4.13. The molecule has 0 radical (unpaired) electrons. The number of piperidine rings is 2. The minimum atomic E-state index is -0.894. The van der Waals surface area contributed by atoms with E-state index in [-0.39, 0.29) is 64.4 Å². The summed E-state index contributed by atoms with van der Waals surface area (Å²) < 4.78 is 22.1. The van der Waals surface area contributed by atoms with Gasteiger partial charge in [-0.2, -0.15) is 0 Å². The highest BCUT2D eigenvalue weighted by Crippen LogP contribution is 2.60. The fraction of sp³-hybridized carbons (Fsp3) is 0.415. The number of nitrogens with one attached hydrogen (secondary N) is 4. The number of amides is 5. The highest BCUT2D eigenvalue weighted by atomic mass is 35.5. The lowest BCUT2D eigenvalue weighted by Gasteiger charge is -2.39. The molecular formula is C53H53Cl2FN6O6. The fourth-order valence-electron chi connectivity index (χ4n) is 11.7. The first-order chi connectivity index (χ1) is 32.5. The summed E-state index contributed by atoms with van der Waals surface area (Å²) in [6.45, 7) is 8.27. The topological polar surface area (TPSA) is 149 Å². The van der Waals surface area contributed by atoms with E-state index in [2.05, 4.69) is 53.9 Å². The summed E-state index contributed by atoms with van der Waals surface area (Å²) >= 11 is 12.9. The van der Waals surface area contributed by atoms with Gasteiger partial charge in [-0.1, -0.05) is 80.1 Å². The maximum atomic E-state index is 16.3. The summed E-state index contributed by atoms with van der Waals surface area (Å²) in [6.07, 6.45) is 3.69. The molecule has 5 heterocycles. The molecule has 0 aromatic heterocycles. The van der Waals surface area contributed by atoms with Gasteiger partial charge in [0.1, 0.15) is 17.6 Å². The number of rotatable bonds is 7. The molecule has 0 bridgehead atoms. The number of imide groups is 1. The van der Waals surface area contributed by atoms with Crippen molar-refractivity contribution in [3.63, 3.8) is 0 Å². The third-order valence-corrected chi connectivity index (χ3v) is 15.8. The van der Waals surface area contributed by atoms with Crippen LogP contribution in [-0.4, -0.2) is 84.2 Å². The molecule has 1 saturated carbocycles. The Morgan fingerprint density at radius 2 is 1.78 bits per heavy atom. The highest BCUT2D eigenvalue weighted by Gasteiger charge is 2.62. The Morgan fingerprint density at radius 1 is 1.00 bits per heavy atom. The Morgan fingerprint density at radius 3 is 2.53 bits per heavy atom. The van der Waals surface area contributed by atoms with Crippen LogP contribution in [0.1, 0.15) is 108 Å². The number of nitrogens with zero attached hydrogens (tertiary/aromatic N) is 2. The van der Waals surface area contributed by atoms with Gasteiger partial charge in [0.2, 0.25) is 17.7 Å². The number of ether oxygens (including phenoxy) is 1. The van der Waals surface area contributed by atoms with Crippen molar-refractivity contribution in [3.05, 3.63) is 122 Å². The molecule has 352 valence electrons. The lowest BCUT2D eigenvalue weighted by molar-refractivity contribution is -0.137. The summed E-state index contributed by atoms with van der Waals surface area (Å²) in [7, 11) is 1.49. The molecule has 4 N–H and O–H groups in total. The number of methoxy groups -OCH3 is 1. The summed E-state index contributed by atoms with van der Waals surface area (Å²) in [5.74, 6) is 4.53. The van der Waals surface area contributed by atoms with Crippen molar-refractivity contribution in [3.8, 4) is 17.6 Å². The van der Waals surface area contributed by atoms with E-state index in [1.807, 2.05) is 35.2 Å². The molecule has 6 aliphatic rings. The largest absolute Gasteiger partial charge is 0.495 e. The van der Waals surface area contributed by atoms with E-state index in [1.165, 1.54) is 13.2 Å². The van der Waals surface area contributed by atoms with Crippen LogP contribution >= 0.6 is 23.2 Å². The molecule has 6 atom stereocenters. The SMILES string of the molecule is COc1cc(C(=O)N2CCC3(CC2)C[C@H]3C#Cc2cccc3c2CN([C@H]2CCC(=O)NC2=O)C3=O)ccc1NC(=O)[C@@H]1N[C@@H](CC(C)(C)C)[C@@]2(CNc3cc(Cl)ccc32)[C@H]1c1cccc(Cl)c1F. The van der Waals surface area contributed by atoms with E-state index in [0.29, 0.717) is 65.6 Å². The average Bonchev–Trinajstić information content (AvgIpc) is 3.51. The Bertz CT molecular complexity index is 2860. The standard InChI is InChI=1S/C53H53Cl2FN6O6/c1-51(2,3)26-42-53(28-57-39-24-32(54)14-15-36(39)53)44(34-9-6-10-37(55)45(34)56)46(59-42)48(65)58-38-16-12-30(23-41(38)68-4)49(66)61-21-19-52(20-22-61)25-31(52)13-11-29-7-5-8-33-35(29)27-62(50(33)67)40-17-18-43(63)60-47(40)64/h5-10,12,14-16,23-24,31,40,42,44,46,57,59H,17-22,25-28H2,1-4H3,(H,58,65)(H,60,63,64)/t31-,40+,42+,44+,46-,53+/m1/s1. The Kier molecular flexibility index (Phi) is 11.6. The predicted octanol–water partition coefficient (Wildman–Crippen LogP) is 8.06. The lowest BCUT2D eigenvalue weighted by Crippen LogP contribution is -2.52. The second-order valence-corrected chi connectivity index (χ2v) is 21.3. The zero-order chi connectivity index (χ0) is 47.9. The zero-order valence-corrected chi connectivity index (χ0v) is 39.9. The van der Waals surface area contributed by atoms with Crippen LogP contribution in [0, 0.1) is 34.4 Å². The van der Waals surface area contributed by atoms with Crippen LogP contribution in [0.2, 0.25) is 10.0 Å². The number of likely N-dealkylation sites (tertiary alicyclic amines) is 1. The second kappa shape index (κ2) is 17.2. The molecule has 10 rings (SSSR count). The van der Waals surface area contributed by atoms with Crippen LogP contribution < -0.4 is 26.0 Å². The number of anilines is 2. The van der Waals surface area contributed by atoms with E-state index >= 15 is 4.39 Å². The van der Waals surface area contributed by atoms with Gasteiger partial charge in [0.25, 0.3) is 11.8 Å². The number of fused-ring (bicyclic) bond motifs is 3. The average molecular weight is 960 g/mol. The Hall–Kier alpha value is -5.94. The zero-order valence-electron chi connectivity index (χ0n) is 38.4. The van der Waals surface area contributed by atoms with E-state index in [0.717, 1.165) is 41.6 Å². The molecule has 3 saturated heterocycles. The molecule has 4 aromatic carbocycles. The third-order valence-electron chi connectivity index (χ3n) is 15.3. The van der Waals surface area contributed by atoms with Crippen molar-refractivity contribution in [2.75, 3.05) is 37.4 Å². The molecule has 5 amide bonds. The number of benzene rings is 4. The maximum Gasteiger partial charge on any atom is 0.255 e. The predicted molar refractivity (Wildman–Crippen MR) is 257 cm³/mol. The van der Waals surface area contributed by atoms with E-state index in [1.54, 1.807) is 41.3 Å². The molecule has 2 spiro atoms. The molecule has 0 unspecified atom stereocenters. The van der Waals surface area contributed by atoms with Crippen molar-refractivity contribution >= 4 is 64.1 Å². The van der Waals surface area contributed by atoms with Crippen molar-refractivity contribution in [1.29, 1.82) is 0 Å². The number of halogens is 3. The lowest BCUT2D eigenvalue weighted by atomic mass is 9.63. The van der Waals surface area contributed by atoms with E-state index in [9.17, 15) is 24.0 Å².